The zero-order valence-corrected chi connectivity index (χ0v) is 8.60. The van der Waals surface area contributed by atoms with Crippen LogP contribution in [-0.2, 0) is 0 Å². The topological polar surface area (TPSA) is 45.2 Å². The molecule has 0 fully saturated rings. The van der Waals surface area contributed by atoms with Gasteiger partial charge in [0.25, 0.3) is 0 Å². The molecule has 1 aromatic heterocycles. The Morgan fingerprint density at radius 3 is 2.77 bits per heavy atom. The fraction of sp³-hybridized carbons (Fsp3) is 0.500. The van der Waals surface area contributed by atoms with E-state index in [9.17, 15) is 4.79 Å². The summed E-state index contributed by atoms with van der Waals surface area (Å²) in [5, 5.41) is 5.20. The average molecular weight is 199 g/mol. The lowest BCUT2D eigenvalue weighted by atomic mass is 10.5. The van der Waals surface area contributed by atoms with Crippen LogP contribution in [0.3, 0.4) is 0 Å². The summed E-state index contributed by atoms with van der Waals surface area (Å²) in [7, 11) is 0. The van der Waals surface area contributed by atoms with E-state index in [2.05, 4.69) is 10.3 Å². The fourth-order valence-electron chi connectivity index (χ4n) is 0.967. The number of anilines is 1. The SMILES string of the molecule is CCN(CC)C(=O)Nc1nccs1. The number of carbonyl (C=O) groups excluding carboxylic acids is 1. The molecule has 0 aromatic carbocycles. The van der Waals surface area contributed by atoms with E-state index in [0.29, 0.717) is 18.2 Å². The molecule has 0 aliphatic carbocycles. The normalized spacial score (nSPS) is 9.69. The van der Waals surface area contributed by atoms with E-state index in [4.69, 9.17) is 0 Å². The molecule has 0 saturated carbocycles. The molecule has 1 heterocycles. The molecule has 0 aliphatic rings. The van der Waals surface area contributed by atoms with Crippen molar-refractivity contribution in [3.05, 3.63) is 11.6 Å². The van der Waals surface area contributed by atoms with Gasteiger partial charge in [-0.05, 0) is 13.8 Å². The molecular weight excluding hydrogens is 186 g/mol. The maximum absolute atomic E-state index is 11.5. The van der Waals surface area contributed by atoms with E-state index in [-0.39, 0.29) is 6.03 Å². The van der Waals surface area contributed by atoms with Crippen LogP contribution in [0.2, 0.25) is 0 Å². The van der Waals surface area contributed by atoms with Crippen molar-refractivity contribution >= 4 is 22.5 Å². The lowest BCUT2D eigenvalue weighted by Gasteiger charge is -2.17. The second kappa shape index (κ2) is 4.81. The summed E-state index contributed by atoms with van der Waals surface area (Å²) in [6.45, 7) is 5.33. The molecule has 1 N–H and O–H groups in total. The molecule has 72 valence electrons. The summed E-state index contributed by atoms with van der Waals surface area (Å²) in [4.78, 5) is 17.1. The number of hydrogen-bond acceptors (Lipinski definition) is 3. The number of urea groups is 1. The summed E-state index contributed by atoms with van der Waals surface area (Å²) >= 11 is 1.42. The van der Waals surface area contributed by atoms with Crippen LogP contribution in [0.4, 0.5) is 9.93 Å². The Morgan fingerprint density at radius 2 is 2.31 bits per heavy atom. The minimum absolute atomic E-state index is 0.0834. The van der Waals surface area contributed by atoms with Crippen LogP contribution >= 0.6 is 11.3 Å². The number of nitrogens with one attached hydrogen (secondary N) is 1. The van der Waals surface area contributed by atoms with Gasteiger partial charge in [-0.15, -0.1) is 11.3 Å². The number of amides is 2. The Hall–Kier alpha value is -1.10. The number of carbonyl (C=O) groups is 1. The Kier molecular flexibility index (Phi) is 3.70. The molecule has 2 amide bonds. The molecule has 0 unspecified atom stereocenters. The van der Waals surface area contributed by atoms with Crippen molar-refractivity contribution in [2.75, 3.05) is 18.4 Å². The third-order valence-electron chi connectivity index (χ3n) is 1.70. The van der Waals surface area contributed by atoms with Gasteiger partial charge in [-0.25, -0.2) is 9.78 Å². The molecule has 0 saturated heterocycles. The van der Waals surface area contributed by atoms with Crippen molar-refractivity contribution in [1.29, 1.82) is 0 Å². The van der Waals surface area contributed by atoms with Gasteiger partial charge in [0.1, 0.15) is 0 Å². The van der Waals surface area contributed by atoms with Gasteiger partial charge in [0.15, 0.2) is 5.13 Å². The Morgan fingerprint density at radius 1 is 1.62 bits per heavy atom. The van der Waals surface area contributed by atoms with Gasteiger partial charge < -0.3 is 4.90 Å². The van der Waals surface area contributed by atoms with E-state index in [1.165, 1.54) is 11.3 Å². The number of aromatic nitrogens is 1. The van der Waals surface area contributed by atoms with Gasteiger partial charge in [0, 0.05) is 24.7 Å². The first-order chi connectivity index (χ1) is 6.27. The van der Waals surface area contributed by atoms with Crippen LogP contribution in [0.15, 0.2) is 11.6 Å². The Balaban J connectivity index is 2.49. The highest BCUT2D eigenvalue weighted by atomic mass is 32.1. The number of hydrogen-bond donors (Lipinski definition) is 1. The first kappa shape index (κ1) is 9.98. The van der Waals surface area contributed by atoms with Crippen molar-refractivity contribution < 1.29 is 4.79 Å². The standard InChI is InChI=1S/C8H13N3OS/c1-3-11(4-2)8(12)10-7-9-5-6-13-7/h5-6H,3-4H2,1-2H3,(H,9,10,12). The van der Waals surface area contributed by atoms with Gasteiger partial charge in [-0.1, -0.05) is 0 Å². The monoisotopic (exact) mass is 199 g/mol. The van der Waals surface area contributed by atoms with E-state index >= 15 is 0 Å². The summed E-state index contributed by atoms with van der Waals surface area (Å²) < 4.78 is 0. The van der Waals surface area contributed by atoms with Crippen molar-refractivity contribution in [3.63, 3.8) is 0 Å². The van der Waals surface area contributed by atoms with Crippen LogP contribution in [0.1, 0.15) is 13.8 Å². The molecule has 4 nitrogen and oxygen atoms in total. The smallest absolute Gasteiger partial charge is 0.323 e. The molecule has 0 spiro atoms. The van der Waals surface area contributed by atoms with Gasteiger partial charge >= 0.3 is 6.03 Å². The third kappa shape index (κ3) is 2.69. The van der Waals surface area contributed by atoms with Crippen LogP contribution in [0.25, 0.3) is 0 Å². The zero-order valence-electron chi connectivity index (χ0n) is 7.78. The molecule has 0 atom stereocenters. The van der Waals surface area contributed by atoms with Gasteiger partial charge in [0.05, 0.1) is 0 Å². The molecule has 13 heavy (non-hydrogen) atoms. The van der Waals surface area contributed by atoms with Crippen molar-refractivity contribution in [2.24, 2.45) is 0 Å². The quantitative estimate of drug-likeness (QED) is 0.809. The Labute approximate surface area is 81.6 Å². The zero-order chi connectivity index (χ0) is 9.68. The molecule has 0 radical (unpaired) electrons. The highest BCUT2D eigenvalue weighted by Gasteiger charge is 2.09. The van der Waals surface area contributed by atoms with Crippen molar-refractivity contribution in [2.45, 2.75) is 13.8 Å². The van der Waals surface area contributed by atoms with Gasteiger partial charge in [-0.2, -0.15) is 0 Å². The number of rotatable bonds is 3. The van der Waals surface area contributed by atoms with Crippen molar-refractivity contribution in [1.82, 2.24) is 9.88 Å². The van der Waals surface area contributed by atoms with E-state index in [1.54, 1.807) is 11.1 Å². The number of nitrogens with zero attached hydrogens (tertiary/aromatic N) is 2. The molecular formula is C8H13N3OS. The highest BCUT2D eigenvalue weighted by molar-refractivity contribution is 7.13. The third-order valence-corrected chi connectivity index (χ3v) is 2.39. The lowest BCUT2D eigenvalue weighted by molar-refractivity contribution is 0.217. The van der Waals surface area contributed by atoms with Gasteiger partial charge in [-0.3, -0.25) is 5.32 Å². The first-order valence-corrected chi connectivity index (χ1v) is 5.11. The second-order valence-corrected chi connectivity index (χ2v) is 3.33. The molecule has 1 rings (SSSR count). The maximum atomic E-state index is 11.5. The summed E-state index contributed by atoms with van der Waals surface area (Å²) in [5.74, 6) is 0. The second-order valence-electron chi connectivity index (χ2n) is 2.44. The van der Waals surface area contributed by atoms with Gasteiger partial charge in [0.2, 0.25) is 0 Å². The molecule has 1 aromatic rings. The van der Waals surface area contributed by atoms with Crippen LogP contribution in [0.5, 0.6) is 0 Å². The predicted molar refractivity (Wildman–Crippen MR) is 54.1 cm³/mol. The Bertz CT molecular complexity index is 256. The van der Waals surface area contributed by atoms with Crippen LogP contribution in [-0.4, -0.2) is 29.0 Å². The summed E-state index contributed by atoms with van der Waals surface area (Å²) in [6, 6.07) is -0.0834. The van der Waals surface area contributed by atoms with E-state index < -0.39 is 0 Å². The van der Waals surface area contributed by atoms with E-state index in [1.807, 2.05) is 19.2 Å². The lowest BCUT2D eigenvalue weighted by Crippen LogP contribution is -2.34. The molecule has 0 bridgehead atoms. The van der Waals surface area contributed by atoms with E-state index in [0.717, 1.165) is 0 Å². The average Bonchev–Trinajstić information content (AvgIpc) is 2.59. The predicted octanol–water partition coefficient (Wildman–Crippen LogP) is 2.02. The fourth-order valence-corrected chi connectivity index (χ4v) is 1.49. The summed E-state index contributed by atoms with van der Waals surface area (Å²) in [6.07, 6.45) is 1.67. The first-order valence-electron chi connectivity index (χ1n) is 4.23. The molecule has 5 heteroatoms. The largest absolute Gasteiger partial charge is 0.325 e. The van der Waals surface area contributed by atoms with Crippen LogP contribution in [0, 0.1) is 0 Å². The minimum atomic E-state index is -0.0834. The maximum Gasteiger partial charge on any atom is 0.323 e. The molecule has 0 aliphatic heterocycles. The minimum Gasteiger partial charge on any atom is -0.325 e. The highest BCUT2D eigenvalue weighted by Crippen LogP contribution is 2.10. The number of thiazole rings is 1. The summed E-state index contributed by atoms with van der Waals surface area (Å²) in [5.41, 5.74) is 0. The van der Waals surface area contributed by atoms with Crippen molar-refractivity contribution in [3.8, 4) is 0 Å². The van der Waals surface area contributed by atoms with Crippen LogP contribution < -0.4 is 5.32 Å².